The van der Waals surface area contributed by atoms with E-state index in [-0.39, 0.29) is 0 Å². The Kier molecular flexibility index (Phi) is 4.04. The maximum atomic E-state index is 4.38. The Morgan fingerprint density at radius 1 is 1.50 bits per heavy atom. The molecule has 0 saturated heterocycles. The van der Waals surface area contributed by atoms with Crippen molar-refractivity contribution in [3.8, 4) is 0 Å². The van der Waals surface area contributed by atoms with Crippen LogP contribution in [0.5, 0.6) is 0 Å². The Hall–Kier alpha value is -0.770. The van der Waals surface area contributed by atoms with Gasteiger partial charge in [-0.25, -0.2) is 9.97 Å². The van der Waals surface area contributed by atoms with Gasteiger partial charge in [0.2, 0.25) is 0 Å². The zero-order valence-corrected chi connectivity index (χ0v) is 10.8. The number of thioether (sulfide) groups is 1. The van der Waals surface area contributed by atoms with Gasteiger partial charge in [0.1, 0.15) is 11.6 Å². The molecule has 0 amide bonds. The van der Waals surface area contributed by atoms with E-state index in [9.17, 15) is 0 Å². The molecule has 0 aliphatic heterocycles. The van der Waals surface area contributed by atoms with E-state index in [1.54, 1.807) is 0 Å². The first-order chi connectivity index (χ1) is 7.78. The fourth-order valence-corrected chi connectivity index (χ4v) is 3.35. The van der Waals surface area contributed by atoms with Crippen molar-refractivity contribution in [1.29, 1.82) is 0 Å². The van der Waals surface area contributed by atoms with E-state index >= 15 is 0 Å². The molecule has 2 rings (SSSR count). The highest BCUT2D eigenvalue weighted by molar-refractivity contribution is 7.99. The smallest absolute Gasteiger partial charge is 0.129 e. The zero-order chi connectivity index (χ0) is 11.4. The van der Waals surface area contributed by atoms with Crippen molar-refractivity contribution in [3.05, 3.63) is 18.1 Å². The van der Waals surface area contributed by atoms with E-state index in [0.717, 1.165) is 16.9 Å². The van der Waals surface area contributed by atoms with Crippen LogP contribution in [0.3, 0.4) is 0 Å². The molecule has 0 spiro atoms. The summed E-state index contributed by atoms with van der Waals surface area (Å²) in [7, 11) is 0. The minimum absolute atomic E-state index is 0.596. The standard InChI is InChI=1S/C12H19N3S/c1-3-16-11-5-4-10(8-11)15-12-6-7-13-9(2)14-12/h6-7,10-11H,3-5,8H2,1-2H3,(H,13,14,15). The van der Waals surface area contributed by atoms with Gasteiger partial charge in [-0.3, -0.25) is 0 Å². The average Bonchev–Trinajstić information content (AvgIpc) is 2.66. The lowest BCUT2D eigenvalue weighted by atomic mass is 10.2. The summed E-state index contributed by atoms with van der Waals surface area (Å²) in [5, 5.41) is 4.34. The summed E-state index contributed by atoms with van der Waals surface area (Å²) in [5.41, 5.74) is 0. The second-order valence-electron chi connectivity index (χ2n) is 4.22. The topological polar surface area (TPSA) is 37.8 Å². The van der Waals surface area contributed by atoms with E-state index in [4.69, 9.17) is 0 Å². The second kappa shape index (κ2) is 5.53. The van der Waals surface area contributed by atoms with E-state index < -0.39 is 0 Å². The zero-order valence-electron chi connectivity index (χ0n) is 9.94. The SMILES string of the molecule is CCSC1CCC(Nc2ccnc(C)n2)C1. The number of hydrogen-bond donors (Lipinski definition) is 1. The minimum atomic E-state index is 0.596. The van der Waals surface area contributed by atoms with Gasteiger partial charge in [0.05, 0.1) is 0 Å². The van der Waals surface area contributed by atoms with Crippen LogP contribution in [0.15, 0.2) is 12.3 Å². The molecular weight excluding hydrogens is 218 g/mol. The second-order valence-corrected chi connectivity index (χ2v) is 5.80. The fraction of sp³-hybridized carbons (Fsp3) is 0.667. The van der Waals surface area contributed by atoms with Crippen LogP contribution in [0.4, 0.5) is 5.82 Å². The highest BCUT2D eigenvalue weighted by atomic mass is 32.2. The molecule has 1 N–H and O–H groups in total. The molecule has 2 unspecified atom stereocenters. The Morgan fingerprint density at radius 3 is 3.12 bits per heavy atom. The van der Waals surface area contributed by atoms with Gasteiger partial charge in [-0.15, -0.1) is 0 Å². The molecule has 0 aromatic carbocycles. The summed E-state index contributed by atoms with van der Waals surface area (Å²) in [6.45, 7) is 4.16. The van der Waals surface area contributed by atoms with Gasteiger partial charge in [-0.05, 0) is 38.0 Å². The largest absolute Gasteiger partial charge is 0.367 e. The highest BCUT2D eigenvalue weighted by Gasteiger charge is 2.24. The molecule has 1 aliphatic carbocycles. The van der Waals surface area contributed by atoms with E-state index in [2.05, 4.69) is 34.0 Å². The third-order valence-electron chi connectivity index (χ3n) is 2.91. The van der Waals surface area contributed by atoms with Crippen molar-refractivity contribution < 1.29 is 0 Å². The quantitative estimate of drug-likeness (QED) is 0.874. The molecule has 3 nitrogen and oxygen atoms in total. The van der Waals surface area contributed by atoms with E-state index in [1.165, 1.54) is 25.0 Å². The lowest BCUT2D eigenvalue weighted by Gasteiger charge is -2.13. The molecule has 1 saturated carbocycles. The number of nitrogens with one attached hydrogen (secondary N) is 1. The predicted octanol–water partition coefficient (Wildman–Crippen LogP) is 2.87. The van der Waals surface area contributed by atoms with Gasteiger partial charge >= 0.3 is 0 Å². The molecule has 4 heteroatoms. The van der Waals surface area contributed by atoms with Crippen LogP contribution in [0.25, 0.3) is 0 Å². The molecule has 0 bridgehead atoms. The van der Waals surface area contributed by atoms with Crippen LogP contribution in [-0.4, -0.2) is 27.0 Å². The lowest BCUT2D eigenvalue weighted by molar-refractivity contribution is 0.750. The van der Waals surface area contributed by atoms with Crippen molar-refractivity contribution in [3.63, 3.8) is 0 Å². The minimum Gasteiger partial charge on any atom is -0.367 e. The summed E-state index contributed by atoms with van der Waals surface area (Å²) in [4.78, 5) is 8.48. The van der Waals surface area contributed by atoms with Crippen molar-refractivity contribution in [2.45, 2.75) is 44.4 Å². The summed E-state index contributed by atoms with van der Waals surface area (Å²) >= 11 is 2.08. The van der Waals surface area contributed by atoms with Crippen LogP contribution >= 0.6 is 11.8 Å². The molecule has 1 fully saturated rings. The van der Waals surface area contributed by atoms with Crippen LogP contribution in [-0.2, 0) is 0 Å². The third kappa shape index (κ3) is 3.11. The molecule has 1 aromatic heterocycles. The number of rotatable bonds is 4. The van der Waals surface area contributed by atoms with Crippen molar-refractivity contribution >= 4 is 17.6 Å². The molecule has 88 valence electrons. The van der Waals surface area contributed by atoms with E-state index in [1.807, 2.05) is 19.2 Å². The van der Waals surface area contributed by atoms with Crippen molar-refractivity contribution in [1.82, 2.24) is 9.97 Å². The molecule has 1 aliphatic rings. The maximum absolute atomic E-state index is 4.38. The molecule has 1 heterocycles. The summed E-state index contributed by atoms with van der Waals surface area (Å²) in [6, 6.07) is 2.55. The van der Waals surface area contributed by atoms with Gasteiger partial charge in [0.15, 0.2) is 0 Å². The first-order valence-corrected chi connectivity index (χ1v) is 7.00. The lowest BCUT2D eigenvalue weighted by Crippen LogP contribution is -2.17. The normalized spacial score (nSPS) is 24.6. The Labute approximate surface area is 101 Å². The van der Waals surface area contributed by atoms with Crippen LogP contribution in [0.1, 0.15) is 32.0 Å². The summed E-state index contributed by atoms with van der Waals surface area (Å²) < 4.78 is 0. The first-order valence-electron chi connectivity index (χ1n) is 5.95. The monoisotopic (exact) mass is 237 g/mol. The highest BCUT2D eigenvalue weighted by Crippen LogP contribution is 2.31. The summed E-state index contributed by atoms with van der Waals surface area (Å²) in [6.07, 6.45) is 5.68. The molecular formula is C12H19N3S. The van der Waals surface area contributed by atoms with Crippen molar-refractivity contribution in [2.24, 2.45) is 0 Å². The Morgan fingerprint density at radius 2 is 2.38 bits per heavy atom. The van der Waals surface area contributed by atoms with Gasteiger partial charge < -0.3 is 5.32 Å². The fourth-order valence-electron chi connectivity index (χ4n) is 2.20. The van der Waals surface area contributed by atoms with Crippen LogP contribution < -0.4 is 5.32 Å². The average molecular weight is 237 g/mol. The van der Waals surface area contributed by atoms with Gasteiger partial charge in [0.25, 0.3) is 0 Å². The molecule has 0 radical (unpaired) electrons. The molecule has 2 atom stereocenters. The van der Waals surface area contributed by atoms with Crippen molar-refractivity contribution in [2.75, 3.05) is 11.1 Å². The maximum Gasteiger partial charge on any atom is 0.129 e. The number of aryl methyl sites for hydroxylation is 1. The number of anilines is 1. The number of nitrogens with zero attached hydrogens (tertiary/aromatic N) is 2. The predicted molar refractivity (Wildman–Crippen MR) is 70.0 cm³/mol. The third-order valence-corrected chi connectivity index (χ3v) is 4.15. The Bertz CT molecular complexity index is 343. The Balaban J connectivity index is 1.87. The van der Waals surface area contributed by atoms with Gasteiger partial charge in [-0.2, -0.15) is 11.8 Å². The van der Waals surface area contributed by atoms with Gasteiger partial charge in [-0.1, -0.05) is 6.92 Å². The molecule has 1 aromatic rings. The van der Waals surface area contributed by atoms with E-state index in [0.29, 0.717) is 6.04 Å². The van der Waals surface area contributed by atoms with Crippen LogP contribution in [0.2, 0.25) is 0 Å². The number of aromatic nitrogens is 2. The van der Waals surface area contributed by atoms with Crippen LogP contribution in [0, 0.1) is 6.92 Å². The van der Waals surface area contributed by atoms with Gasteiger partial charge in [0, 0.05) is 17.5 Å². The molecule has 16 heavy (non-hydrogen) atoms. The number of hydrogen-bond acceptors (Lipinski definition) is 4. The summed E-state index contributed by atoms with van der Waals surface area (Å²) in [5.74, 6) is 3.03. The first kappa shape index (κ1) is 11.7.